The van der Waals surface area contributed by atoms with Crippen molar-refractivity contribution < 1.29 is 4.74 Å². The molecule has 0 aliphatic carbocycles. The van der Waals surface area contributed by atoms with Crippen LogP contribution in [0.5, 0.6) is 11.5 Å². The Morgan fingerprint density at radius 1 is 0.257 bits per heavy atom. The SMILES string of the molecule is c1ccc(N2c3cc4c(cc3B3c5ccccc5Oc5cc(N(c6ccccc6)c6cccc7c6sc6ccccc67)cc2c53)B2c3ccccc3N(c3ccccc3)c3cc(N(c5ccccc5)c5cccc6sc7ccccc7c56)cc(c32)N4c2cccc3sc4ccccc4c23)cc1. The largest absolute Gasteiger partial charge is 0.458 e. The van der Waals surface area contributed by atoms with E-state index in [1.165, 1.54) is 82.4 Å². The molecule has 6 nitrogen and oxygen atoms in total. The molecule has 4 aliphatic rings. The first-order valence-corrected chi connectivity index (χ1v) is 36.9. The molecule has 0 radical (unpaired) electrons. The van der Waals surface area contributed by atoms with Gasteiger partial charge in [0.15, 0.2) is 0 Å². The molecular formula is C90H55B2N5OS3. The van der Waals surface area contributed by atoms with Gasteiger partial charge in [0.05, 0.1) is 33.1 Å². The third-order valence-corrected chi connectivity index (χ3v) is 24.7. The van der Waals surface area contributed by atoms with Crippen molar-refractivity contribution in [2.24, 2.45) is 0 Å². The second-order valence-corrected chi connectivity index (χ2v) is 29.8. The summed E-state index contributed by atoms with van der Waals surface area (Å²) < 4.78 is 15.0. The summed E-state index contributed by atoms with van der Waals surface area (Å²) in [6.07, 6.45) is 0. The Labute approximate surface area is 596 Å². The van der Waals surface area contributed by atoms with Crippen LogP contribution >= 0.6 is 34.0 Å². The lowest BCUT2D eigenvalue weighted by atomic mass is 9.30. The van der Waals surface area contributed by atoms with Gasteiger partial charge >= 0.3 is 0 Å². The van der Waals surface area contributed by atoms with Gasteiger partial charge in [-0.1, -0.05) is 194 Å². The Balaban J connectivity index is 0.866. The van der Waals surface area contributed by atoms with Gasteiger partial charge in [-0.15, -0.1) is 34.0 Å². The minimum absolute atomic E-state index is 0.214. The van der Waals surface area contributed by atoms with E-state index >= 15 is 0 Å². The van der Waals surface area contributed by atoms with Gasteiger partial charge in [0.2, 0.25) is 0 Å². The number of rotatable bonds is 9. The highest BCUT2D eigenvalue weighted by Gasteiger charge is 2.49. The van der Waals surface area contributed by atoms with Crippen LogP contribution in [0.4, 0.5) is 85.3 Å². The molecule has 0 unspecified atom stereocenters. The van der Waals surface area contributed by atoms with Gasteiger partial charge in [-0.2, -0.15) is 0 Å². The first-order chi connectivity index (χ1) is 50.1. The molecule has 0 N–H and O–H groups in total. The number of hydrogen-bond donors (Lipinski definition) is 0. The van der Waals surface area contributed by atoms with Gasteiger partial charge in [0.25, 0.3) is 13.4 Å². The number of ether oxygens (including phenoxy) is 1. The molecule has 7 heterocycles. The number of benzene rings is 15. The third-order valence-electron chi connectivity index (χ3n) is 21.2. The Morgan fingerprint density at radius 2 is 0.713 bits per heavy atom. The third kappa shape index (κ3) is 8.46. The highest BCUT2D eigenvalue weighted by Crippen LogP contribution is 2.55. The standard InChI is InChI=1S/C90H55B2N5OS3/c1-5-26-56(27-6-1)93(71-41-24-48-84-86(71)64-35-14-21-46-82(64)99-84)60-50-76-88-77(51-60)97(72-42-25-49-85-87(72)65-36-15-22-47-83(65)100-85)75-55-74-68(54-69(75)91(88)66-38-16-18-40-70(66)95(76)58-30-9-3-10-31-58)92-67-39-17-19-44-79(67)98-80-53-61(52-78(89(80)92)96(74)59-32-11-4-12-33-59)94(57-28-7-2-8-29-57)73-43-23-37-63-62-34-13-20-45-81(62)101-90(63)73/h1-55H. The number of nitrogens with zero attached hydrogens (tertiary/aromatic N) is 5. The van der Waals surface area contributed by atoms with E-state index in [2.05, 4.69) is 358 Å². The lowest BCUT2D eigenvalue weighted by Gasteiger charge is -2.47. The molecule has 0 fully saturated rings. The van der Waals surface area contributed by atoms with E-state index in [4.69, 9.17) is 4.74 Å². The Kier molecular flexibility index (Phi) is 12.5. The van der Waals surface area contributed by atoms with Crippen molar-refractivity contribution in [3.05, 3.63) is 334 Å². The van der Waals surface area contributed by atoms with Crippen LogP contribution in [0.2, 0.25) is 0 Å². The van der Waals surface area contributed by atoms with Crippen molar-refractivity contribution in [1.29, 1.82) is 0 Å². The van der Waals surface area contributed by atoms with Gasteiger partial charge in [-0.25, -0.2) is 0 Å². The fourth-order valence-electron chi connectivity index (χ4n) is 17.1. The molecule has 0 spiro atoms. The number of anilines is 15. The number of fused-ring (bicyclic) bond motifs is 17. The highest BCUT2D eigenvalue weighted by molar-refractivity contribution is 7.27. The molecule has 0 bridgehead atoms. The average Bonchev–Trinajstić information content (AvgIpc) is 1.22. The second kappa shape index (κ2) is 22.2. The molecule has 101 heavy (non-hydrogen) atoms. The van der Waals surface area contributed by atoms with E-state index in [0.29, 0.717) is 0 Å². The molecule has 470 valence electrons. The quantitative estimate of drug-likeness (QED) is 0.134. The Bertz CT molecular complexity index is 6460. The van der Waals surface area contributed by atoms with Gasteiger partial charge in [-0.3, -0.25) is 0 Å². The van der Waals surface area contributed by atoms with Gasteiger partial charge in [0, 0.05) is 119 Å². The summed E-state index contributed by atoms with van der Waals surface area (Å²) in [5.74, 6) is 1.69. The normalized spacial score (nSPS) is 13.1. The summed E-state index contributed by atoms with van der Waals surface area (Å²) >= 11 is 5.58. The van der Waals surface area contributed by atoms with Gasteiger partial charge in [-0.05, 0) is 166 Å². The van der Waals surface area contributed by atoms with Crippen LogP contribution in [0, 0.1) is 0 Å². The number of hydrogen-bond acceptors (Lipinski definition) is 9. The van der Waals surface area contributed by atoms with Crippen molar-refractivity contribution >= 4 is 226 Å². The van der Waals surface area contributed by atoms with E-state index in [-0.39, 0.29) is 13.4 Å². The summed E-state index contributed by atoms with van der Waals surface area (Å²) in [6.45, 7) is -0.430. The molecule has 22 rings (SSSR count). The van der Waals surface area contributed by atoms with Crippen LogP contribution in [-0.2, 0) is 0 Å². The van der Waals surface area contributed by atoms with E-state index in [0.717, 1.165) is 108 Å². The predicted molar refractivity (Wildman–Crippen MR) is 434 cm³/mol. The maximum atomic E-state index is 7.46. The molecule has 0 saturated carbocycles. The Hall–Kier alpha value is -12.1. The van der Waals surface area contributed by atoms with Crippen LogP contribution in [0.25, 0.3) is 60.5 Å². The number of para-hydroxylation sites is 6. The molecule has 0 amide bonds. The fraction of sp³-hybridized carbons (Fsp3) is 0. The summed E-state index contributed by atoms with van der Waals surface area (Å²) in [7, 11) is 0. The minimum Gasteiger partial charge on any atom is -0.458 e. The van der Waals surface area contributed by atoms with Crippen LogP contribution in [0.3, 0.4) is 0 Å². The summed E-state index contributed by atoms with van der Waals surface area (Å²) in [5.41, 5.74) is 23.6. The first-order valence-electron chi connectivity index (χ1n) is 34.4. The maximum Gasteiger partial charge on any atom is 0.256 e. The van der Waals surface area contributed by atoms with Crippen molar-refractivity contribution in [1.82, 2.24) is 0 Å². The first kappa shape index (κ1) is 56.9. The molecule has 3 aromatic heterocycles. The predicted octanol–water partition coefficient (Wildman–Crippen LogP) is 22.2. The molecule has 4 aliphatic heterocycles. The summed E-state index contributed by atoms with van der Waals surface area (Å²) in [5, 5.41) is 7.45. The maximum absolute atomic E-state index is 7.46. The molecule has 15 aromatic carbocycles. The highest BCUT2D eigenvalue weighted by atomic mass is 32.1. The van der Waals surface area contributed by atoms with Crippen LogP contribution in [0.15, 0.2) is 334 Å². The smallest absolute Gasteiger partial charge is 0.256 e. The Morgan fingerprint density at radius 3 is 1.41 bits per heavy atom. The minimum atomic E-state index is -0.216. The summed E-state index contributed by atoms with van der Waals surface area (Å²) in [4.78, 5) is 12.8. The van der Waals surface area contributed by atoms with Crippen molar-refractivity contribution in [2.75, 3.05) is 24.5 Å². The molecular weight excluding hydrogens is 1280 g/mol. The van der Waals surface area contributed by atoms with Crippen LogP contribution < -0.4 is 62.0 Å². The summed E-state index contributed by atoms with van der Waals surface area (Å²) in [6, 6.07) is 124. The zero-order chi connectivity index (χ0) is 66.0. The fourth-order valence-corrected chi connectivity index (χ4v) is 20.6. The second-order valence-electron chi connectivity index (χ2n) is 26.6. The lowest BCUT2D eigenvalue weighted by molar-refractivity contribution is 0.487. The zero-order valence-corrected chi connectivity index (χ0v) is 56.7. The van der Waals surface area contributed by atoms with Crippen molar-refractivity contribution in [3.63, 3.8) is 0 Å². The monoisotopic (exact) mass is 1340 g/mol. The van der Waals surface area contributed by atoms with E-state index in [1.54, 1.807) is 0 Å². The topological polar surface area (TPSA) is 25.4 Å². The lowest BCUT2D eigenvalue weighted by Crippen LogP contribution is -2.64. The number of thiophene rings is 3. The van der Waals surface area contributed by atoms with Crippen LogP contribution in [-0.4, -0.2) is 13.4 Å². The van der Waals surface area contributed by atoms with Crippen LogP contribution in [0.1, 0.15) is 0 Å². The van der Waals surface area contributed by atoms with Gasteiger partial charge in [0.1, 0.15) is 11.5 Å². The molecule has 0 atom stereocenters. The van der Waals surface area contributed by atoms with Crippen molar-refractivity contribution in [2.45, 2.75) is 0 Å². The van der Waals surface area contributed by atoms with E-state index in [1.807, 2.05) is 34.0 Å². The molecule has 18 aromatic rings. The van der Waals surface area contributed by atoms with Crippen molar-refractivity contribution in [3.8, 4) is 11.5 Å². The average molecular weight is 1340 g/mol. The zero-order valence-electron chi connectivity index (χ0n) is 54.3. The van der Waals surface area contributed by atoms with E-state index < -0.39 is 0 Å². The molecule has 11 heteroatoms. The van der Waals surface area contributed by atoms with E-state index in [9.17, 15) is 0 Å². The van der Waals surface area contributed by atoms with Gasteiger partial charge < -0.3 is 29.2 Å². The molecule has 0 saturated heterocycles.